The van der Waals surface area contributed by atoms with Crippen molar-refractivity contribution in [2.24, 2.45) is 0 Å². The molecule has 0 fully saturated rings. The largest absolute Gasteiger partial charge is 0.398 e. The van der Waals surface area contributed by atoms with E-state index < -0.39 is 0 Å². The van der Waals surface area contributed by atoms with Gasteiger partial charge in [0.15, 0.2) is 5.78 Å². The molecule has 0 unspecified atom stereocenters. The van der Waals surface area contributed by atoms with Crippen LogP contribution in [0.1, 0.15) is 15.9 Å². The van der Waals surface area contributed by atoms with Gasteiger partial charge in [-0.25, -0.2) is 0 Å². The highest BCUT2D eigenvalue weighted by Crippen LogP contribution is 2.23. The standard InChI is InChI=1S/C18H14BrNO/c19-15-7-3-4-12(8-15)9-18(21)16-10-13-5-1-2-6-14(13)11-17(16)20/h1-8,10-11H,9,20H2. The van der Waals surface area contributed by atoms with Crippen molar-refractivity contribution in [3.8, 4) is 0 Å². The molecule has 0 aliphatic rings. The SMILES string of the molecule is Nc1cc2ccccc2cc1C(=O)Cc1cccc(Br)c1. The van der Waals surface area contributed by atoms with Gasteiger partial charge in [0.05, 0.1) is 0 Å². The van der Waals surface area contributed by atoms with Gasteiger partial charge in [0.25, 0.3) is 0 Å². The Morgan fingerprint density at radius 3 is 2.38 bits per heavy atom. The maximum atomic E-state index is 12.5. The molecule has 0 bridgehead atoms. The molecule has 2 N–H and O–H groups in total. The molecule has 0 spiro atoms. The van der Waals surface area contributed by atoms with E-state index in [0.29, 0.717) is 17.7 Å². The van der Waals surface area contributed by atoms with Crippen molar-refractivity contribution in [3.05, 3.63) is 76.3 Å². The molecule has 0 aliphatic heterocycles. The molecule has 0 saturated heterocycles. The third-order valence-electron chi connectivity index (χ3n) is 3.47. The van der Waals surface area contributed by atoms with Gasteiger partial charge in [-0.05, 0) is 40.6 Å². The van der Waals surface area contributed by atoms with Crippen LogP contribution in [-0.2, 0) is 6.42 Å². The number of Topliss-reactive ketones (excluding diaryl/α,β-unsaturated/α-hetero) is 1. The molecule has 0 aliphatic carbocycles. The molecule has 0 heterocycles. The second-order valence-corrected chi connectivity index (χ2v) is 5.93. The van der Waals surface area contributed by atoms with Crippen LogP contribution in [0, 0.1) is 0 Å². The lowest BCUT2D eigenvalue weighted by Crippen LogP contribution is -2.07. The second kappa shape index (κ2) is 5.70. The summed E-state index contributed by atoms with van der Waals surface area (Å²) in [5, 5.41) is 2.08. The number of rotatable bonds is 3. The van der Waals surface area contributed by atoms with Crippen molar-refractivity contribution in [2.45, 2.75) is 6.42 Å². The molecule has 0 amide bonds. The van der Waals surface area contributed by atoms with Gasteiger partial charge >= 0.3 is 0 Å². The predicted octanol–water partition coefficient (Wildman–Crippen LogP) is 4.61. The first-order valence-electron chi connectivity index (χ1n) is 6.69. The Kier molecular flexibility index (Phi) is 3.76. The van der Waals surface area contributed by atoms with Gasteiger partial charge in [-0.15, -0.1) is 0 Å². The Morgan fingerprint density at radius 1 is 0.952 bits per heavy atom. The molecule has 3 aromatic carbocycles. The molecular formula is C18H14BrNO. The number of ketones is 1. The Balaban J connectivity index is 1.96. The van der Waals surface area contributed by atoms with Gasteiger partial charge in [0.1, 0.15) is 0 Å². The fraction of sp³-hybridized carbons (Fsp3) is 0.0556. The van der Waals surface area contributed by atoms with E-state index in [1.165, 1.54) is 0 Å². The van der Waals surface area contributed by atoms with E-state index in [4.69, 9.17) is 5.73 Å². The van der Waals surface area contributed by atoms with Gasteiger partial charge in [0.2, 0.25) is 0 Å². The summed E-state index contributed by atoms with van der Waals surface area (Å²) >= 11 is 3.42. The predicted molar refractivity (Wildman–Crippen MR) is 90.5 cm³/mol. The highest BCUT2D eigenvalue weighted by molar-refractivity contribution is 9.10. The Bertz CT molecular complexity index is 826. The summed E-state index contributed by atoms with van der Waals surface area (Å²) in [6.07, 6.45) is 0.349. The molecule has 104 valence electrons. The van der Waals surface area contributed by atoms with Crippen LogP contribution in [0.4, 0.5) is 5.69 Å². The fourth-order valence-corrected chi connectivity index (χ4v) is 2.87. The number of hydrogen-bond acceptors (Lipinski definition) is 2. The zero-order valence-electron chi connectivity index (χ0n) is 11.3. The Morgan fingerprint density at radius 2 is 1.67 bits per heavy atom. The number of carbonyl (C=O) groups excluding carboxylic acids is 1. The van der Waals surface area contributed by atoms with Gasteiger partial charge < -0.3 is 5.73 Å². The van der Waals surface area contributed by atoms with E-state index in [-0.39, 0.29) is 5.78 Å². The maximum Gasteiger partial charge on any atom is 0.169 e. The lowest BCUT2D eigenvalue weighted by Gasteiger charge is -2.08. The van der Waals surface area contributed by atoms with Crippen LogP contribution in [0.3, 0.4) is 0 Å². The van der Waals surface area contributed by atoms with Crippen molar-refractivity contribution in [2.75, 3.05) is 5.73 Å². The molecule has 0 atom stereocenters. The highest BCUT2D eigenvalue weighted by Gasteiger charge is 2.12. The minimum Gasteiger partial charge on any atom is -0.398 e. The third-order valence-corrected chi connectivity index (χ3v) is 3.97. The minimum absolute atomic E-state index is 0.0383. The van der Waals surface area contributed by atoms with E-state index in [9.17, 15) is 4.79 Å². The summed E-state index contributed by atoms with van der Waals surface area (Å²) in [7, 11) is 0. The van der Waals surface area contributed by atoms with Gasteiger partial charge in [0, 0.05) is 22.1 Å². The minimum atomic E-state index is 0.0383. The summed E-state index contributed by atoms with van der Waals surface area (Å²) in [4.78, 5) is 12.5. The van der Waals surface area contributed by atoms with E-state index >= 15 is 0 Å². The maximum absolute atomic E-state index is 12.5. The van der Waals surface area contributed by atoms with Crippen LogP contribution in [-0.4, -0.2) is 5.78 Å². The molecule has 0 aromatic heterocycles. The van der Waals surface area contributed by atoms with E-state index in [0.717, 1.165) is 20.8 Å². The molecule has 3 rings (SSSR count). The number of nitrogen functional groups attached to an aromatic ring is 1. The summed E-state index contributed by atoms with van der Waals surface area (Å²) in [5.74, 6) is 0.0383. The van der Waals surface area contributed by atoms with Crippen LogP contribution in [0.15, 0.2) is 65.1 Å². The topological polar surface area (TPSA) is 43.1 Å². The summed E-state index contributed by atoms with van der Waals surface area (Å²) < 4.78 is 0.972. The Hall–Kier alpha value is -2.13. The third kappa shape index (κ3) is 2.98. The molecule has 3 aromatic rings. The average molecular weight is 340 g/mol. The average Bonchev–Trinajstić information content (AvgIpc) is 2.46. The Labute approximate surface area is 131 Å². The molecule has 3 heteroatoms. The summed E-state index contributed by atoms with van der Waals surface area (Å²) in [6, 6.07) is 19.4. The zero-order valence-corrected chi connectivity index (χ0v) is 12.9. The molecular weight excluding hydrogens is 326 g/mol. The van der Waals surface area contributed by atoms with Crippen LogP contribution in [0.2, 0.25) is 0 Å². The lowest BCUT2D eigenvalue weighted by atomic mass is 9.98. The molecule has 21 heavy (non-hydrogen) atoms. The van der Waals surface area contributed by atoms with Gasteiger partial charge in [-0.2, -0.15) is 0 Å². The number of anilines is 1. The quantitative estimate of drug-likeness (QED) is 0.559. The van der Waals surface area contributed by atoms with Crippen molar-refractivity contribution in [3.63, 3.8) is 0 Å². The molecule has 0 radical (unpaired) electrons. The van der Waals surface area contributed by atoms with Gasteiger partial charge in [-0.3, -0.25) is 4.79 Å². The number of fused-ring (bicyclic) bond motifs is 1. The van der Waals surface area contributed by atoms with Crippen LogP contribution in [0.25, 0.3) is 10.8 Å². The van der Waals surface area contributed by atoms with E-state index in [1.807, 2.05) is 60.7 Å². The highest BCUT2D eigenvalue weighted by atomic mass is 79.9. The smallest absolute Gasteiger partial charge is 0.169 e. The monoisotopic (exact) mass is 339 g/mol. The van der Waals surface area contributed by atoms with E-state index in [1.54, 1.807) is 0 Å². The number of halogens is 1. The number of nitrogens with two attached hydrogens (primary N) is 1. The van der Waals surface area contributed by atoms with Gasteiger partial charge in [-0.1, -0.05) is 52.3 Å². The fourth-order valence-electron chi connectivity index (χ4n) is 2.43. The van der Waals surface area contributed by atoms with Crippen molar-refractivity contribution >= 4 is 38.2 Å². The van der Waals surface area contributed by atoms with Crippen LogP contribution < -0.4 is 5.73 Å². The van der Waals surface area contributed by atoms with Crippen LogP contribution in [0.5, 0.6) is 0 Å². The number of carbonyl (C=O) groups is 1. The molecule has 2 nitrogen and oxygen atoms in total. The second-order valence-electron chi connectivity index (χ2n) is 5.02. The first-order chi connectivity index (χ1) is 10.1. The first-order valence-corrected chi connectivity index (χ1v) is 7.49. The normalized spacial score (nSPS) is 10.7. The lowest BCUT2D eigenvalue weighted by molar-refractivity contribution is 0.0994. The molecule has 0 saturated carbocycles. The van der Waals surface area contributed by atoms with Crippen LogP contribution >= 0.6 is 15.9 Å². The summed E-state index contributed by atoms with van der Waals surface area (Å²) in [6.45, 7) is 0. The summed E-state index contributed by atoms with van der Waals surface area (Å²) in [5.41, 5.74) is 8.14. The number of hydrogen-bond donors (Lipinski definition) is 1. The number of benzene rings is 3. The van der Waals surface area contributed by atoms with Crippen molar-refractivity contribution in [1.82, 2.24) is 0 Å². The van der Waals surface area contributed by atoms with Crippen molar-refractivity contribution in [1.29, 1.82) is 0 Å². The zero-order chi connectivity index (χ0) is 14.8. The van der Waals surface area contributed by atoms with E-state index in [2.05, 4.69) is 15.9 Å². The first kappa shape index (κ1) is 13.8. The van der Waals surface area contributed by atoms with Crippen molar-refractivity contribution < 1.29 is 4.79 Å².